The van der Waals surface area contributed by atoms with Gasteiger partial charge in [-0.1, -0.05) is 17.7 Å². The van der Waals surface area contributed by atoms with Crippen LogP contribution in [-0.4, -0.2) is 41.6 Å². The van der Waals surface area contributed by atoms with E-state index in [0.29, 0.717) is 42.9 Å². The number of aliphatic carboxylic acids is 1. The Morgan fingerprint density at radius 3 is 2.41 bits per heavy atom. The van der Waals surface area contributed by atoms with Crippen LogP contribution in [0.25, 0.3) is 0 Å². The molecule has 4 aliphatic carbocycles. The van der Waals surface area contributed by atoms with Gasteiger partial charge >= 0.3 is 12.1 Å². The molecule has 0 aromatic heterocycles. The van der Waals surface area contributed by atoms with E-state index in [1.165, 1.54) is 7.11 Å². The van der Waals surface area contributed by atoms with Crippen LogP contribution >= 0.6 is 0 Å². The van der Waals surface area contributed by atoms with Crippen LogP contribution in [0.1, 0.15) is 60.0 Å². The quantitative estimate of drug-likeness (QED) is 0.233. The lowest BCUT2D eigenvalue weighted by atomic mass is 9.83. The number of anilines is 1. The van der Waals surface area contributed by atoms with E-state index in [4.69, 9.17) is 9.47 Å². The van der Waals surface area contributed by atoms with Crippen molar-refractivity contribution < 1.29 is 46.5 Å². The number of carbonyl (C=O) groups excluding carboxylic acids is 2. The highest BCUT2D eigenvalue weighted by Crippen LogP contribution is 2.54. The van der Waals surface area contributed by atoms with Crippen molar-refractivity contribution in [2.75, 3.05) is 12.4 Å². The van der Waals surface area contributed by atoms with E-state index >= 15 is 0 Å². The molecule has 4 saturated carbocycles. The fourth-order valence-corrected chi connectivity index (χ4v) is 6.61. The van der Waals surface area contributed by atoms with Gasteiger partial charge in [-0.05, 0) is 86.3 Å². The van der Waals surface area contributed by atoms with Crippen LogP contribution in [0.3, 0.4) is 0 Å². The van der Waals surface area contributed by atoms with E-state index in [9.17, 15) is 37.1 Å². The second-order valence-corrected chi connectivity index (χ2v) is 12.1. The lowest BCUT2D eigenvalue weighted by Gasteiger charge is -2.30. The molecule has 4 fully saturated rings. The Balaban J connectivity index is 1.25. The van der Waals surface area contributed by atoms with E-state index in [0.717, 1.165) is 30.9 Å². The third-order valence-electron chi connectivity index (χ3n) is 9.21. The van der Waals surface area contributed by atoms with Crippen LogP contribution < -0.4 is 15.4 Å². The molecule has 0 aliphatic heterocycles. The van der Waals surface area contributed by atoms with Gasteiger partial charge in [-0.3, -0.25) is 9.59 Å². The molecule has 44 heavy (non-hydrogen) atoms. The summed E-state index contributed by atoms with van der Waals surface area (Å²) in [6.07, 6.45) is 1.60. The van der Waals surface area contributed by atoms with Gasteiger partial charge in [0.15, 0.2) is 5.60 Å². The Labute approximate surface area is 250 Å². The van der Waals surface area contributed by atoms with E-state index < -0.39 is 52.9 Å². The maximum absolute atomic E-state index is 13.9. The molecule has 4 aliphatic rings. The summed E-state index contributed by atoms with van der Waals surface area (Å²) in [5, 5.41) is 15.0. The van der Waals surface area contributed by atoms with Crippen LogP contribution in [0.15, 0.2) is 48.0 Å². The number of amides is 2. The molecule has 2 aromatic rings. The number of allylic oxidation sites excluding steroid dienone is 1. The second kappa shape index (κ2) is 11.2. The van der Waals surface area contributed by atoms with E-state index in [1.807, 2.05) is 0 Å². The average molecular weight is 617 g/mol. The maximum Gasteiger partial charge on any atom is 0.419 e. The molecular weight excluding hydrogens is 584 g/mol. The number of carboxylic acids is 1. The van der Waals surface area contributed by atoms with E-state index in [-0.39, 0.29) is 35.4 Å². The number of benzene rings is 2. The van der Waals surface area contributed by atoms with Crippen molar-refractivity contribution in [2.24, 2.45) is 23.7 Å². The van der Waals surface area contributed by atoms with Crippen LogP contribution in [0.4, 0.5) is 23.2 Å². The third kappa shape index (κ3) is 5.79. The summed E-state index contributed by atoms with van der Waals surface area (Å²) in [5.41, 5.74) is -1.04. The van der Waals surface area contributed by atoms with Crippen molar-refractivity contribution in [1.82, 2.24) is 5.32 Å². The molecule has 2 amide bonds. The fraction of sp³-hybridized carbons (Fsp3) is 0.469. The SMILES string of the molecule is COc1ccc(COC2(C(=O)O)CC2)cc1C(=O)N[C@@H]1C2CCC(/C2=C/C2CC2)[C@@H]1C(=O)Nc1ccc(F)c(C(F)(F)F)c1. The van der Waals surface area contributed by atoms with Crippen molar-refractivity contribution in [3.05, 3.63) is 70.6 Å². The first-order valence-corrected chi connectivity index (χ1v) is 14.6. The standard InChI is InChI=1S/C32H32F4N2O6/c1-43-25-9-4-17(15-44-31(10-11-31)30(41)42)13-22(25)28(39)38-27-20-7-6-19(21(20)12-16-2-3-16)26(27)29(40)37-18-5-8-24(33)23(14-18)32(34,35)36/h4-5,8-9,12-14,16,19-20,26-27H,2-3,6-7,10-11,15H2,1H3,(H,37,40)(H,38,39)(H,41,42)/b21-12-/t19?,20?,26-,27+/m0/s1. The fourth-order valence-electron chi connectivity index (χ4n) is 6.61. The number of methoxy groups -OCH3 is 1. The summed E-state index contributed by atoms with van der Waals surface area (Å²) >= 11 is 0. The number of carbonyl (C=O) groups is 3. The number of ether oxygens (including phenoxy) is 2. The van der Waals surface area contributed by atoms with Gasteiger partial charge in [0.1, 0.15) is 11.6 Å². The smallest absolute Gasteiger partial charge is 0.419 e. The topological polar surface area (TPSA) is 114 Å². The zero-order chi connectivity index (χ0) is 31.4. The minimum atomic E-state index is -4.93. The first-order valence-electron chi connectivity index (χ1n) is 14.6. The second-order valence-electron chi connectivity index (χ2n) is 12.1. The third-order valence-corrected chi connectivity index (χ3v) is 9.21. The van der Waals surface area contributed by atoms with Gasteiger partial charge in [0, 0.05) is 17.6 Å². The number of hydrogen-bond acceptors (Lipinski definition) is 5. The average Bonchev–Trinajstić information content (AvgIpc) is 3.90. The van der Waals surface area contributed by atoms with Gasteiger partial charge in [-0.2, -0.15) is 13.2 Å². The highest BCUT2D eigenvalue weighted by atomic mass is 19.4. The Morgan fingerprint density at radius 1 is 1.05 bits per heavy atom. The van der Waals surface area contributed by atoms with Crippen LogP contribution in [0.5, 0.6) is 5.75 Å². The van der Waals surface area contributed by atoms with Gasteiger partial charge in [-0.15, -0.1) is 0 Å². The number of halogens is 4. The summed E-state index contributed by atoms with van der Waals surface area (Å²) in [6.45, 7) is -0.0262. The number of carboxylic acid groups (broad SMARTS) is 1. The number of rotatable bonds is 10. The minimum absolute atomic E-state index is 0.0262. The van der Waals surface area contributed by atoms with Gasteiger partial charge < -0.3 is 25.2 Å². The van der Waals surface area contributed by atoms with E-state index in [1.54, 1.807) is 18.2 Å². The first kappa shape index (κ1) is 30.1. The van der Waals surface area contributed by atoms with Gasteiger partial charge in [-0.25, -0.2) is 9.18 Å². The van der Waals surface area contributed by atoms with E-state index in [2.05, 4.69) is 16.7 Å². The molecule has 3 N–H and O–H groups in total. The summed E-state index contributed by atoms with van der Waals surface area (Å²) in [7, 11) is 1.41. The van der Waals surface area contributed by atoms with Gasteiger partial charge in [0.25, 0.3) is 5.91 Å². The van der Waals surface area contributed by atoms with Crippen LogP contribution in [0.2, 0.25) is 0 Å². The highest BCUT2D eigenvalue weighted by molar-refractivity contribution is 5.99. The number of fused-ring (bicyclic) bond motifs is 2. The van der Waals surface area contributed by atoms with Crippen LogP contribution in [-0.2, 0) is 27.1 Å². The summed E-state index contributed by atoms with van der Waals surface area (Å²) < 4.78 is 64.9. The van der Waals surface area contributed by atoms with Gasteiger partial charge in [0.05, 0.1) is 30.8 Å². The Kier molecular flexibility index (Phi) is 7.67. The maximum atomic E-state index is 13.9. The predicted octanol–water partition coefficient (Wildman–Crippen LogP) is 5.72. The molecule has 0 saturated heterocycles. The molecule has 2 bridgehead atoms. The van der Waals surface area contributed by atoms with Crippen LogP contribution in [0, 0.1) is 29.5 Å². The molecule has 0 radical (unpaired) electrons. The van der Waals surface area contributed by atoms with Crippen molar-refractivity contribution in [3.8, 4) is 5.75 Å². The molecule has 4 atom stereocenters. The molecule has 0 spiro atoms. The zero-order valence-electron chi connectivity index (χ0n) is 23.9. The Hall–Kier alpha value is -3.93. The van der Waals surface area contributed by atoms with Crippen molar-refractivity contribution >= 4 is 23.5 Å². The lowest BCUT2D eigenvalue weighted by Crippen LogP contribution is -2.48. The number of hydrogen-bond donors (Lipinski definition) is 3. The summed E-state index contributed by atoms with van der Waals surface area (Å²) in [5.74, 6) is -3.92. The molecule has 2 aromatic carbocycles. The van der Waals surface area contributed by atoms with Gasteiger partial charge in [0.2, 0.25) is 5.91 Å². The Morgan fingerprint density at radius 2 is 1.77 bits per heavy atom. The monoisotopic (exact) mass is 616 g/mol. The normalized spacial score (nSPS) is 26.0. The molecule has 234 valence electrons. The minimum Gasteiger partial charge on any atom is -0.496 e. The molecule has 0 heterocycles. The lowest BCUT2D eigenvalue weighted by molar-refractivity contribution is -0.154. The Bertz CT molecular complexity index is 1530. The number of alkyl halides is 3. The van der Waals surface area contributed by atoms with Crippen molar-refractivity contribution in [1.29, 1.82) is 0 Å². The molecular formula is C32H32F4N2O6. The molecule has 8 nitrogen and oxygen atoms in total. The zero-order valence-corrected chi connectivity index (χ0v) is 23.9. The molecule has 12 heteroatoms. The largest absolute Gasteiger partial charge is 0.496 e. The first-order chi connectivity index (χ1) is 20.9. The molecule has 6 rings (SSSR count). The van der Waals surface area contributed by atoms with Crippen molar-refractivity contribution in [2.45, 2.75) is 63.0 Å². The summed E-state index contributed by atoms with van der Waals surface area (Å²) in [4.78, 5) is 38.9. The number of nitrogens with one attached hydrogen (secondary N) is 2. The highest BCUT2D eigenvalue weighted by Gasteiger charge is 2.55. The molecule has 2 unspecified atom stereocenters. The predicted molar refractivity (Wildman–Crippen MR) is 149 cm³/mol. The van der Waals surface area contributed by atoms with Crippen molar-refractivity contribution in [3.63, 3.8) is 0 Å². The summed E-state index contributed by atoms with van der Waals surface area (Å²) in [6, 6.07) is 6.51.